The molecular weight excluding hydrogens is 1290 g/mol. The Morgan fingerprint density at radius 2 is 0.949 bits per heavy atom. The quantitative estimate of drug-likeness (QED) is 0.106. The van der Waals surface area contributed by atoms with Crippen LogP contribution in [0, 0.1) is 48.3 Å². The smallest absolute Gasteiger partial charge is 0.324 e. The van der Waals surface area contributed by atoms with Crippen LogP contribution in [-0.2, 0) is 23.1 Å². The molecule has 4 fully saturated rings. The zero-order chi connectivity index (χ0) is 68.0. The summed E-state index contributed by atoms with van der Waals surface area (Å²) < 4.78 is 30.0. The number of urea groups is 2. The summed E-state index contributed by atoms with van der Waals surface area (Å²) in [7, 11) is -3.25. The molecule has 19 nitrogen and oxygen atoms in total. The minimum Gasteiger partial charge on any atom is -0.331 e. The monoisotopic (exact) mass is 1370 g/mol. The molecule has 4 amide bonds. The summed E-state index contributed by atoms with van der Waals surface area (Å²) in [5.41, 5.74) is 13.6. The molecule has 7 heterocycles. The number of piperazine rings is 2. The topological polar surface area (TPSA) is 200 Å². The maximum atomic E-state index is 14.4. The third-order valence-corrected chi connectivity index (χ3v) is 22.2. The Balaban J connectivity index is 0.000000177. The summed E-state index contributed by atoms with van der Waals surface area (Å²) in [5, 5.41) is 20.1. The van der Waals surface area contributed by atoms with Gasteiger partial charge in [0.1, 0.15) is 11.6 Å². The fourth-order valence-corrected chi connectivity index (χ4v) is 16.2. The Labute approximate surface area is 584 Å². The number of aromatic nitrogens is 6. The molecular formula is C76H81Cl2N15O4S. The van der Waals surface area contributed by atoms with E-state index < -0.39 is 10.0 Å². The summed E-state index contributed by atoms with van der Waals surface area (Å²) >= 11 is 13.3. The van der Waals surface area contributed by atoms with E-state index in [9.17, 15) is 28.5 Å². The number of aryl methyl sites for hydroxylation is 2. The first-order chi connectivity index (χ1) is 47.6. The standard InChI is InChI=1S/C38H41ClN8O3S.C38H40ClN7O/c1-27-41-14-17-45(27)26-31-22-30-4-3-13-42-36(30)37(34-10-7-32(39)23-35(31)34)43-18-20-44(21-19-43)38(48)47(33-8-5-28(24-40)6-9-33)25-29-11-15-46(16-12-29)51(2,49)50;1-27-41-16-17-45(27)26-31-22-30-8-5-15-42-36(30)37(34-14-11-32(39)23-35(31)34)43-18-20-44(21-19-43)38(47)46(25-29-6-3-2-4-7-29)33-12-9-28(24-40)10-13-33/h3-10,13-14,17,22-23,29,37H,11-12,15-16,18-21,25-26H2,1-2H3;5,8-17,22-23,29,37H,2-4,6-7,18-21,25-26H2,1H3. The number of allylic oxidation sites excluding steroid dienone is 2. The normalized spacial score (nSPS) is 18.6. The van der Waals surface area contributed by atoms with Gasteiger partial charge in [0.05, 0.1) is 53.0 Å². The molecule has 8 aromatic rings. The second-order valence-electron chi connectivity index (χ2n) is 26.5. The number of nitriles is 2. The molecule has 3 saturated heterocycles. The lowest BCUT2D eigenvalue weighted by Gasteiger charge is -2.42. The maximum absolute atomic E-state index is 14.4. The summed E-state index contributed by atoms with van der Waals surface area (Å²) in [5.74, 6) is 2.53. The van der Waals surface area contributed by atoms with Crippen LogP contribution in [0.2, 0.25) is 10.0 Å². The van der Waals surface area contributed by atoms with Crippen molar-refractivity contribution in [2.24, 2.45) is 11.8 Å². The van der Waals surface area contributed by atoms with E-state index in [4.69, 9.17) is 33.2 Å². The number of amides is 4. The van der Waals surface area contributed by atoms with Crippen molar-refractivity contribution in [1.29, 1.82) is 10.5 Å². The Kier molecular flexibility index (Phi) is 20.7. The van der Waals surface area contributed by atoms with Crippen molar-refractivity contribution < 1.29 is 18.0 Å². The molecule has 0 spiro atoms. The van der Waals surface area contributed by atoms with Crippen LogP contribution in [0.4, 0.5) is 21.0 Å². The average molecular weight is 1370 g/mol. The molecule has 1 saturated carbocycles. The van der Waals surface area contributed by atoms with Crippen LogP contribution in [0.25, 0.3) is 23.3 Å². The number of carbonyl (C=O) groups excluding carboxylic acids is 2. The summed E-state index contributed by atoms with van der Waals surface area (Å²) in [6.45, 7) is 12.4. The fraction of sp³-hybridized carbons (Fsp3) is 0.368. The van der Waals surface area contributed by atoms with Gasteiger partial charge in [-0.05, 0) is 193 Å². The van der Waals surface area contributed by atoms with Crippen molar-refractivity contribution in [3.05, 3.63) is 224 Å². The van der Waals surface area contributed by atoms with Crippen LogP contribution in [0.3, 0.4) is 0 Å². The van der Waals surface area contributed by atoms with Gasteiger partial charge in [0.2, 0.25) is 10.0 Å². The zero-order valence-electron chi connectivity index (χ0n) is 55.7. The van der Waals surface area contributed by atoms with Gasteiger partial charge in [-0.3, -0.25) is 29.6 Å². The molecule has 3 aliphatic carbocycles. The van der Waals surface area contributed by atoms with Gasteiger partial charge in [-0.25, -0.2) is 32.3 Å². The van der Waals surface area contributed by atoms with E-state index in [1.807, 2.05) is 137 Å². The van der Waals surface area contributed by atoms with Crippen LogP contribution < -0.4 is 9.80 Å². The molecule has 0 N–H and O–H groups in total. The summed E-state index contributed by atoms with van der Waals surface area (Å²) in [4.78, 5) is 59.9. The number of piperidine rings is 1. The number of halogens is 2. The largest absolute Gasteiger partial charge is 0.331 e. The number of hydrogen-bond acceptors (Lipinski definition) is 12. The Morgan fingerprint density at radius 1 is 0.531 bits per heavy atom. The molecule has 2 unspecified atom stereocenters. The van der Waals surface area contributed by atoms with E-state index in [1.54, 1.807) is 12.1 Å². The van der Waals surface area contributed by atoms with Crippen molar-refractivity contribution in [3.63, 3.8) is 0 Å². The lowest BCUT2D eigenvalue weighted by atomic mass is 9.89. The van der Waals surface area contributed by atoms with Crippen LogP contribution in [-0.4, -0.2) is 158 Å². The van der Waals surface area contributed by atoms with Gasteiger partial charge in [0, 0.05) is 150 Å². The van der Waals surface area contributed by atoms with E-state index in [1.165, 1.54) is 35.4 Å². The molecule has 4 aromatic carbocycles. The predicted octanol–water partition coefficient (Wildman–Crippen LogP) is 13.3. The number of benzene rings is 4. The van der Waals surface area contributed by atoms with Crippen LogP contribution in [0.15, 0.2) is 146 Å². The first kappa shape index (κ1) is 67.6. The van der Waals surface area contributed by atoms with Gasteiger partial charge in [-0.1, -0.05) is 66.7 Å². The molecule has 2 atom stereocenters. The molecule has 6 aliphatic rings. The molecule has 98 heavy (non-hydrogen) atoms. The van der Waals surface area contributed by atoms with Crippen LogP contribution >= 0.6 is 23.2 Å². The number of anilines is 2. The number of sulfonamides is 1. The summed E-state index contributed by atoms with van der Waals surface area (Å²) in [6, 6.07) is 39.2. The average Bonchev–Trinajstić information content (AvgIpc) is 1.56. The number of carbonyl (C=O) groups is 2. The first-order valence-electron chi connectivity index (χ1n) is 34.0. The maximum Gasteiger partial charge on any atom is 0.324 e. The Morgan fingerprint density at radius 3 is 1.34 bits per heavy atom. The van der Waals surface area contributed by atoms with Gasteiger partial charge >= 0.3 is 12.1 Å². The number of imidazole rings is 2. The lowest BCUT2D eigenvalue weighted by Crippen LogP contribution is -2.54. The van der Waals surface area contributed by atoms with Crippen LogP contribution in [0.1, 0.15) is 125 Å². The second kappa shape index (κ2) is 30.0. The van der Waals surface area contributed by atoms with Crippen molar-refractivity contribution >= 4 is 80.0 Å². The van der Waals surface area contributed by atoms with Crippen LogP contribution in [0.5, 0.6) is 0 Å². The van der Waals surface area contributed by atoms with E-state index in [0.717, 1.165) is 99.3 Å². The fourth-order valence-electron chi connectivity index (χ4n) is 15.0. The van der Waals surface area contributed by atoms with Gasteiger partial charge in [0.25, 0.3) is 0 Å². The molecule has 14 rings (SSSR count). The minimum atomic E-state index is -3.25. The molecule has 504 valence electrons. The van der Waals surface area contributed by atoms with E-state index in [-0.39, 0.29) is 30.1 Å². The van der Waals surface area contributed by atoms with Gasteiger partial charge in [-0.2, -0.15) is 10.5 Å². The van der Waals surface area contributed by atoms with E-state index in [0.29, 0.717) is 118 Å². The van der Waals surface area contributed by atoms with E-state index in [2.05, 4.69) is 83.5 Å². The molecule has 22 heteroatoms. The number of pyridine rings is 2. The highest BCUT2D eigenvalue weighted by Crippen LogP contribution is 2.44. The third kappa shape index (κ3) is 15.0. The van der Waals surface area contributed by atoms with Crippen molar-refractivity contribution in [3.8, 4) is 12.1 Å². The molecule has 0 radical (unpaired) electrons. The molecule has 0 bridgehead atoms. The zero-order valence-corrected chi connectivity index (χ0v) is 58.0. The van der Waals surface area contributed by atoms with Crippen molar-refractivity contribution in [1.82, 2.24) is 53.0 Å². The number of hydrogen-bond donors (Lipinski definition) is 0. The molecule has 3 aliphatic heterocycles. The van der Waals surface area contributed by atoms with Gasteiger partial charge < -0.3 is 18.9 Å². The highest BCUT2D eigenvalue weighted by Gasteiger charge is 2.39. The highest BCUT2D eigenvalue weighted by molar-refractivity contribution is 7.88. The van der Waals surface area contributed by atoms with Gasteiger partial charge in [0.15, 0.2) is 0 Å². The predicted molar refractivity (Wildman–Crippen MR) is 385 cm³/mol. The van der Waals surface area contributed by atoms with Crippen molar-refractivity contribution in [2.45, 2.75) is 84.0 Å². The number of nitrogens with zero attached hydrogens (tertiary/aromatic N) is 15. The SMILES string of the molecule is Cc1nccn1CC1=Cc2cccnc2C(N2CCN(C(=O)N(CC3CCCCC3)c3ccc(C#N)cc3)CC2)c2ccc(Cl)cc21.Cc1nccn1CC1=Cc2cccnc2C(N2CCN(C(=O)N(CC3CCN(S(C)(=O)=O)CC3)c3ccc(C#N)cc3)CC2)c2ccc(Cl)cc21. The lowest BCUT2D eigenvalue weighted by molar-refractivity contribution is 0.121. The Bertz CT molecular complexity index is 4470. The first-order valence-corrected chi connectivity index (χ1v) is 36.6. The third-order valence-electron chi connectivity index (χ3n) is 20.4. The highest BCUT2D eigenvalue weighted by atomic mass is 35.5. The number of rotatable bonds is 13. The summed E-state index contributed by atoms with van der Waals surface area (Å²) in [6.07, 6.45) is 24.5. The van der Waals surface area contributed by atoms with Gasteiger partial charge in [-0.15, -0.1) is 0 Å². The molecule has 4 aromatic heterocycles. The Hall–Kier alpha value is -8.99. The van der Waals surface area contributed by atoms with Crippen molar-refractivity contribution in [2.75, 3.05) is 94.6 Å². The second-order valence-corrected chi connectivity index (χ2v) is 29.4. The minimum absolute atomic E-state index is 0.0474. The number of fused-ring (bicyclic) bond motifs is 4. The van der Waals surface area contributed by atoms with E-state index >= 15 is 0 Å².